The molecule has 4 heterocycles. The number of benzene rings is 3. The van der Waals surface area contributed by atoms with Crippen LogP contribution in [0.1, 0.15) is 62.0 Å². The van der Waals surface area contributed by atoms with Crippen molar-refractivity contribution in [3.63, 3.8) is 0 Å². The smallest absolute Gasteiger partial charge is 0.414 e. The summed E-state index contributed by atoms with van der Waals surface area (Å²) in [7, 11) is -1.43. The maximum atomic E-state index is 16.2. The van der Waals surface area contributed by atoms with Crippen molar-refractivity contribution in [3.05, 3.63) is 93.8 Å². The SMILES string of the molecule is C[SiH](C)OC([C@H]1CN(c2ccc(OC[C@@H]3C[C@H]4COc5c(c(F)cc6c(=O)c(C(=O)OCc7ccccc7)cn(C7CC7)c56)N4C3)c(F)c2)C(=O)O1)C(C)(C)C. The Bertz CT molecular complexity index is 2220. The van der Waals surface area contributed by atoms with Gasteiger partial charge in [0, 0.05) is 30.8 Å². The lowest BCUT2D eigenvalue weighted by molar-refractivity contribution is -0.0143. The summed E-state index contributed by atoms with van der Waals surface area (Å²) in [6, 6.07) is 14.7. The van der Waals surface area contributed by atoms with Crippen molar-refractivity contribution in [1.29, 1.82) is 0 Å². The standard InChI is InChI=1S/C42H47F2N3O8Si/c1-42(2,3)39(55-56(4)5)34-20-47(41(50)54-34)27-13-14-33(31(43)16-27)51-22-25-15-28-23-52-38-35-29(17-32(44)36(38)45(28)18-25)37(48)30(19-46(35)26-11-12-26)40(49)53-21-24-9-7-6-8-10-24/h6-10,13-14,16-17,19,25-26,28,34,39,56H,11-12,15,18,20-23H2,1-5H3/t25-,28+,34-,39?/m1/s1. The van der Waals surface area contributed by atoms with Gasteiger partial charge in [-0.15, -0.1) is 0 Å². The Hall–Kier alpha value is -4.95. The first kappa shape index (κ1) is 37.9. The molecule has 4 aromatic rings. The summed E-state index contributed by atoms with van der Waals surface area (Å²) in [5.74, 6) is -1.75. The highest BCUT2D eigenvalue weighted by Gasteiger charge is 2.44. The highest BCUT2D eigenvalue weighted by atomic mass is 28.3. The number of rotatable bonds is 11. The first-order valence-corrected chi connectivity index (χ1v) is 22.1. The molecular formula is C42H47F2N3O8Si. The van der Waals surface area contributed by atoms with Gasteiger partial charge in [0.1, 0.15) is 30.6 Å². The van der Waals surface area contributed by atoms with Crippen LogP contribution < -0.4 is 24.7 Å². The average Bonchev–Trinajstić information content (AvgIpc) is 3.81. The van der Waals surface area contributed by atoms with E-state index >= 15 is 8.78 Å². The number of fused-ring (bicyclic) bond motifs is 5. The van der Waals surface area contributed by atoms with E-state index < -0.39 is 44.3 Å². The first-order chi connectivity index (χ1) is 26.8. The topological polar surface area (TPSA) is 109 Å². The van der Waals surface area contributed by atoms with Crippen molar-refractivity contribution in [2.45, 2.75) is 84.0 Å². The number of aromatic nitrogens is 1. The van der Waals surface area contributed by atoms with Crippen molar-refractivity contribution in [2.24, 2.45) is 11.3 Å². The molecule has 4 aliphatic rings. The molecule has 3 fully saturated rings. The van der Waals surface area contributed by atoms with Gasteiger partial charge >= 0.3 is 12.1 Å². The number of pyridine rings is 1. The molecule has 296 valence electrons. The zero-order chi connectivity index (χ0) is 39.5. The van der Waals surface area contributed by atoms with Crippen LogP contribution in [0, 0.1) is 23.0 Å². The molecule has 0 bridgehead atoms. The predicted octanol–water partition coefficient (Wildman–Crippen LogP) is 7.38. The van der Waals surface area contributed by atoms with E-state index in [0.29, 0.717) is 24.2 Å². The number of nitrogens with zero attached hydrogens (tertiary/aromatic N) is 3. The Labute approximate surface area is 325 Å². The second kappa shape index (κ2) is 14.8. The van der Waals surface area contributed by atoms with Crippen molar-refractivity contribution >= 4 is 43.4 Å². The highest BCUT2D eigenvalue weighted by molar-refractivity contribution is 6.48. The summed E-state index contributed by atoms with van der Waals surface area (Å²) in [5.41, 5.74) is 0.867. The quantitative estimate of drug-likeness (QED) is 0.114. The molecule has 1 unspecified atom stereocenters. The lowest BCUT2D eigenvalue weighted by atomic mass is 9.86. The molecule has 1 aliphatic carbocycles. The van der Waals surface area contributed by atoms with Crippen LogP contribution in [0.3, 0.4) is 0 Å². The van der Waals surface area contributed by atoms with Gasteiger partial charge in [0.25, 0.3) is 0 Å². The van der Waals surface area contributed by atoms with Gasteiger partial charge in [-0.1, -0.05) is 51.1 Å². The largest absolute Gasteiger partial charge is 0.490 e. The molecule has 2 saturated heterocycles. The van der Waals surface area contributed by atoms with Crippen molar-refractivity contribution < 1.29 is 41.7 Å². The van der Waals surface area contributed by atoms with E-state index in [-0.39, 0.29) is 84.0 Å². The number of halogens is 2. The second-order valence-corrected chi connectivity index (χ2v) is 19.0. The van der Waals surface area contributed by atoms with E-state index in [1.165, 1.54) is 29.3 Å². The molecule has 3 aliphatic heterocycles. The Kier molecular flexibility index (Phi) is 10.1. The van der Waals surface area contributed by atoms with E-state index in [0.717, 1.165) is 18.4 Å². The summed E-state index contributed by atoms with van der Waals surface area (Å²) < 4.78 is 63.3. The van der Waals surface area contributed by atoms with Crippen LogP contribution in [0.15, 0.2) is 65.6 Å². The normalized spacial score (nSPS) is 21.1. The number of cyclic esters (lactones) is 1. The van der Waals surface area contributed by atoms with Gasteiger partial charge < -0.3 is 32.8 Å². The van der Waals surface area contributed by atoms with Crippen molar-refractivity contribution in [1.82, 2.24) is 4.57 Å². The molecular weight excluding hydrogens is 741 g/mol. The van der Waals surface area contributed by atoms with Crippen molar-refractivity contribution in [2.75, 3.05) is 36.1 Å². The van der Waals surface area contributed by atoms with E-state index in [9.17, 15) is 14.4 Å². The van der Waals surface area contributed by atoms with Gasteiger partial charge in [0.2, 0.25) is 5.43 Å². The van der Waals surface area contributed by atoms with Crippen LogP contribution in [0.25, 0.3) is 10.9 Å². The minimum Gasteiger partial charge on any atom is -0.490 e. The molecule has 11 nitrogen and oxygen atoms in total. The number of amides is 1. The van der Waals surface area contributed by atoms with Gasteiger partial charge in [-0.25, -0.2) is 18.4 Å². The minimum atomic E-state index is -1.43. The Morgan fingerprint density at radius 2 is 1.77 bits per heavy atom. The van der Waals surface area contributed by atoms with Crippen molar-refractivity contribution in [3.8, 4) is 11.5 Å². The molecule has 8 rings (SSSR count). The third kappa shape index (κ3) is 7.36. The summed E-state index contributed by atoms with van der Waals surface area (Å²) in [4.78, 5) is 43.2. The predicted molar refractivity (Wildman–Crippen MR) is 209 cm³/mol. The fourth-order valence-electron chi connectivity index (χ4n) is 8.16. The van der Waals surface area contributed by atoms with Crippen LogP contribution in [0.2, 0.25) is 13.1 Å². The molecule has 0 N–H and O–H groups in total. The summed E-state index contributed by atoms with van der Waals surface area (Å²) in [5, 5.41) is 0.0658. The molecule has 0 radical (unpaired) electrons. The summed E-state index contributed by atoms with van der Waals surface area (Å²) in [6.07, 6.45) is 2.52. The Balaban J connectivity index is 0.970. The zero-order valence-electron chi connectivity index (χ0n) is 32.3. The van der Waals surface area contributed by atoms with Gasteiger partial charge in [-0.2, -0.15) is 0 Å². The number of esters is 1. The van der Waals surface area contributed by atoms with Crippen LogP contribution in [-0.2, 0) is 20.5 Å². The van der Waals surface area contributed by atoms with E-state index in [1.54, 1.807) is 6.07 Å². The van der Waals surface area contributed by atoms with Crippen LogP contribution in [-0.4, -0.2) is 70.2 Å². The number of ether oxygens (including phenoxy) is 4. The van der Waals surface area contributed by atoms with Gasteiger partial charge in [0.05, 0.1) is 41.9 Å². The molecule has 0 spiro atoms. The third-order valence-corrected chi connectivity index (χ3v) is 11.8. The van der Waals surface area contributed by atoms with Gasteiger partial charge in [0.15, 0.2) is 32.2 Å². The Morgan fingerprint density at radius 1 is 1.00 bits per heavy atom. The monoisotopic (exact) mass is 787 g/mol. The first-order valence-electron chi connectivity index (χ1n) is 19.3. The minimum absolute atomic E-state index is 0.00484. The lowest BCUT2D eigenvalue weighted by Crippen LogP contribution is -2.44. The van der Waals surface area contributed by atoms with E-state index in [2.05, 4.69) is 33.9 Å². The average molecular weight is 788 g/mol. The molecule has 1 saturated carbocycles. The highest BCUT2D eigenvalue weighted by Crippen LogP contribution is 2.48. The number of hydrogen-bond acceptors (Lipinski definition) is 9. The van der Waals surface area contributed by atoms with E-state index in [1.807, 2.05) is 39.8 Å². The lowest BCUT2D eigenvalue weighted by Gasteiger charge is -2.35. The van der Waals surface area contributed by atoms with Gasteiger partial charge in [-0.3, -0.25) is 9.69 Å². The summed E-state index contributed by atoms with van der Waals surface area (Å²) in [6.45, 7) is 11.4. The van der Waals surface area contributed by atoms with Crippen LogP contribution >= 0.6 is 0 Å². The molecule has 14 heteroatoms. The number of carbonyl (C=O) groups excluding carboxylic acids is 2. The Morgan fingerprint density at radius 3 is 2.46 bits per heavy atom. The number of hydrogen-bond donors (Lipinski definition) is 0. The number of carbonyl (C=O) groups is 2. The molecule has 1 amide bonds. The maximum absolute atomic E-state index is 16.2. The third-order valence-electron chi connectivity index (χ3n) is 10.9. The second-order valence-electron chi connectivity index (χ2n) is 16.7. The zero-order valence-corrected chi connectivity index (χ0v) is 33.4. The van der Waals surface area contributed by atoms with E-state index in [4.69, 9.17) is 23.4 Å². The number of anilines is 2. The molecule has 56 heavy (non-hydrogen) atoms. The fourth-order valence-corrected chi connectivity index (χ4v) is 9.33. The maximum Gasteiger partial charge on any atom is 0.414 e. The fraction of sp³-hybridized carbons (Fsp3) is 0.452. The summed E-state index contributed by atoms with van der Waals surface area (Å²) >= 11 is 0. The van der Waals surface area contributed by atoms with Gasteiger partial charge in [-0.05, 0) is 61.5 Å². The molecule has 3 aromatic carbocycles. The van der Waals surface area contributed by atoms with Crippen LogP contribution in [0.5, 0.6) is 11.5 Å². The molecule has 4 atom stereocenters. The molecule has 1 aromatic heterocycles. The van der Waals surface area contributed by atoms with Crippen LogP contribution in [0.4, 0.5) is 25.0 Å².